The van der Waals surface area contributed by atoms with Crippen molar-refractivity contribution in [1.82, 2.24) is 15.1 Å². The van der Waals surface area contributed by atoms with E-state index in [1.54, 1.807) is 0 Å². The van der Waals surface area contributed by atoms with Gasteiger partial charge in [0.1, 0.15) is 0 Å². The molecular formula is C18H27N3O9S3. The Morgan fingerprint density at radius 2 is 0.909 bits per heavy atom. The molecule has 1 rings (SSSR count). The third-order valence-corrected chi connectivity index (χ3v) is 8.40. The van der Waals surface area contributed by atoms with Crippen LogP contribution in [0.1, 0.15) is 25.7 Å². The average molecular weight is 526 g/mol. The van der Waals surface area contributed by atoms with Crippen molar-refractivity contribution >= 4 is 47.2 Å². The van der Waals surface area contributed by atoms with Crippen LogP contribution in [-0.4, -0.2) is 88.5 Å². The summed E-state index contributed by atoms with van der Waals surface area (Å²) in [6.07, 6.45) is -1.42. The Labute approximate surface area is 193 Å². The smallest absolute Gasteiger partial charge is 0.261 e. The minimum Gasteiger partial charge on any atom is -0.273 e. The monoisotopic (exact) mass is 525 g/mol. The number of rotatable bonds is 12. The van der Waals surface area contributed by atoms with Crippen molar-refractivity contribution in [3.8, 4) is 0 Å². The largest absolute Gasteiger partial charge is 0.273 e. The molecule has 0 aliphatic carbocycles. The fourth-order valence-corrected chi connectivity index (χ4v) is 4.59. The lowest BCUT2D eigenvalue weighted by atomic mass is 10.3. The molecule has 0 saturated carbocycles. The van der Waals surface area contributed by atoms with Crippen molar-refractivity contribution in [3.05, 3.63) is 36.0 Å². The number of hydrazine groups is 2. The van der Waals surface area contributed by atoms with Crippen LogP contribution in [-0.2, 0) is 43.9 Å². The van der Waals surface area contributed by atoms with E-state index in [4.69, 9.17) is 0 Å². The second kappa shape index (κ2) is 11.6. The highest BCUT2D eigenvalue weighted by atomic mass is 32.2. The molecule has 0 N–H and O–H groups in total. The molecule has 0 spiro atoms. The maximum Gasteiger partial charge on any atom is 0.261 e. The third kappa shape index (κ3) is 8.74. The summed E-state index contributed by atoms with van der Waals surface area (Å²) in [7, 11) is -11.2. The summed E-state index contributed by atoms with van der Waals surface area (Å²) in [6, 6.07) is 0. The van der Waals surface area contributed by atoms with E-state index in [0.29, 0.717) is 21.3 Å². The first-order valence-corrected chi connectivity index (χ1v) is 14.8. The van der Waals surface area contributed by atoms with Gasteiger partial charge in [-0.3, -0.25) is 14.4 Å². The van der Waals surface area contributed by atoms with Gasteiger partial charge in [-0.2, -0.15) is 5.12 Å². The molecule has 1 heterocycles. The standard InChI is InChI=1S/C18H27N3O9S3/c1-4-31(25,26)13-8-16(22)19-11-7-12-20(17(23)9-14-32(27,28)5-2)21(19)18(24)10-15-33(29,30)6-3/h4-6H,1-3,7-15H2. The van der Waals surface area contributed by atoms with Crippen molar-refractivity contribution in [1.29, 1.82) is 0 Å². The molecule has 0 aromatic rings. The predicted octanol–water partition coefficient (Wildman–Crippen LogP) is -0.449. The third-order valence-electron chi connectivity index (χ3n) is 4.56. The minimum absolute atomic E-state index is 0.0400. The Balaban J connectivity index is 3.19. The predicted molar refractivity (Wildman–Crippen MR) is 121 cm³/mol. The number of hydrogen-bond donors (Lipinski definition) is 0. The quantitative estimate of drug-likeness (QED) is 0.328. The molecule has 1 saturated heterocycles. The van der Waals surface area contributed by atoms with E-state index in [0.717, 1.165) is 10.0 Å². The second-order valence-corrected chi connectivity index (χ2v) is 13.1. The highest BCUT2D eigenvalue weighted by Gasteiger charge is 2.37. The van der Waals surface area contributed by atoms with Gasteiger partial charge in [-0.25, -0.2) is 35.3 Å². The first-order chi connectivity index (χ1) is 15.2. The molecule has 0 atom stereocenters. The molecule has 0 unspecified atom stereocenters. The van der Waals surface area contributed by atoms with Crippen LogP contribution in [0, 0.1) is 0 Å². The molecule has 12 nitrogen and oxygen atoms in total. The zero-order valence-electron chi connectivity index (χ0n) is 18.0. The first kappa shape index (κ1) is 28.5. The van der Waals surface area contributed by atoms with E-state index in [2.05, 4.69) is 19.7 Å². The van der Waals surface area contributed by atoms with Crippen LogP contribution < -0.4 is 0 Å². The van der Waals surface area contributed by atoms with Crippen molar-refractivity contribution in [2.24, 2.45) is 0 Å². The normalized spacial score (nSPS) is 15.1. The fourth-order valence-electron chi connectivity index (χ4n) is 2.72. The molecule has 0 bridgehead atoms. The van der Waals surface area contributed by atoms with Gasteiger partial charge in [0.05, 0.1) is 17.3 Å². The maximum absolute atomic E-state index is 12.9. The van der Waals surface area contributed by atoms with Crippen LogP contribution >= 0.6 is 0 Å². The summed E-state index contributed by atoms with van der Waals surface area (Å²) >= 11 is 0. The van der Waals surface area contributed by atoms with Gasteiger partial charge in [0.15, 0.2) is 29.5 Å². The SMILES string of the molecule is C=CS(=O)(=O)CCC(=O)N1CCCN(C(=O)CCS(=O)(=O)C=C)N1C(=O)CCS(=O)(=O)C=C. The van der Waals surface area contributed by atoms with Gasteiger partial charge in [0.2, 0.25) is 11.8 Å². The summed E-state index contributed by atoms with van der Waals surface area (Å²) in [4.78, 5) is 38.3. The molecular weight excluding hydrogens is 498 g/mol. The second-order valence-electron chi connectivity index (χ2n) is 6.92. The van der Waals surface area contributed by atoms with Gasteiger partial charge in [0.25, 0.3) is 5.91 Å². The van der Waals surface area contributed by atoms with Crippen LogP contribution in [0.3, 0.4) is 0 Å². The Bertz CT molecular complexity index is 1060. The Hall–Kier alpha value is -2.52. The van der Waals surface area contributed by atoms with E-state index in [1.165, 1.54) is 0 Å². The minimum atomic E-state index is -3.77. The van der Waals surface area contributed by atoms with Crippen molar-refractivity contribution in [3.63, 3.8) is 0 Å². The topological polar surface area (TPSA) is 163 Å². The summed E-state index contributed by atoms with van der Waals surface area (Å²) in [6.45, 7) is 9.37. The lowest BCUT2D eigenvalue weighted by Crippen LogP contribution is -2.64. The van der Waals surface area contributed by atoms with Gasteiger partial charge < -0.3 is 0 Å². The average Bonchev–Trinajstić information content (AvgIpc) is 2.79. The van der Waals surface area contributed by atoms with E-state index < -0.39 is 83.8 Å². The van der Waals surface area contributed by atoms with Crippen LogP contribution in [0.5, 0.6) is 0 Å². The summed E-state index contributed by atoms with van der Waals surface area (Å²) < 4.78 is 70.0. The van der Waals surface area contributed by atoms with Gasteiger partial charge in [-0.05, 0) is 6.42 Å². The number of nitrogens with zero attached hydrogens (tertiary/aromatic N) is 3. The summed E-state index contributed by atoms with van der Waals surface area (Å²) in [5, 5.41) is 4.46. The highest BCUT2D eigenvalue weighted by Crippen LogP contribution is 2.18. The van der Waals surface area contributed by atoms with Crippen molar-refractivity contribution in [2.75, 3.05) is 30.3 Å². The molecule has 15 heteroatoms. The van der Waals surface area contributed by atoms with E-state index in [1.807, 2.05) is 0 Å². The van der Waals surface area contributed by atoms with E-state index >= 15 is 0 Å². The molecule has 1 fully saturated rings. The number of amides is 3. The van der Waals surface area contributed by atoms with Crippen LogP contribution in [0.25, 0.3) is 0 Å². The summed E-state index contributed by atoms with van der Waals surface area (Å²) in [5.74, 6) is -4.30. The Morgan fingerprint density at radius 1 is 0.606 bits per heavy atom. The van der Waals surface area contributed by atoms with E-state index in [-0.39, 0.29) is 19.5 Å². The highest BCUT2D eigenvalue weighted by molar-refractivity contribution is 7.94. The number of carbonyl (C=O) groups is 3. The lowest BCUT2D eigenvalue weighted by Gasteiger charge is -2.45. The number of carbonyl (C=O) groups excluding carboxylic acids is 3. The van der Waals surface area contributed by atoms with Crippen molar-refractivity contribution in [2.45, 2.75) is 25.7 Å². The molecule has 1 aliphatic heterocycles. The van der Waals surface area contributed by atoms with Crippen LogP contribution in [0.4, 0.5) is 0 Å². The van der Waals surface area contributed by atoms with Gasteiger partial charge in [0, 0.05) is 48.6 Å². The molecule has 33 heavy (non-hydrogen) atoms. The van der Waals surface area contributed by atoms with Gasteiger partial charge >= 0.3 is 0 Å². The Kier molecular flexibility index (Phi) is 9.99. The van der Waals surface area contributed by atoms with Crippen molar-refractivity contribution < 1.29 is 39.6 Å². The zero-order chi connectivity index (χ0) is 25.4. The fraction of sp³-hybridized carbons (Fsp3) is 0.500. The molecule has 0 aromatic heterocycles. The van der Waals surface area contributed by atoms with E-state index in [9.17, 15) is 39.6 Å². The van der Waals surface area contributed by atoms with Crippen LogP contribution in [0.15, 0.2) is 36.0 Å². The van der Waals surface area contributed by atoms with Crippen LogP contribution in [0.2, 0.25) is 0 Å². The maximum atomic E-state index is 12.9. The first-order valence-electron chi connectivity index (χ1n) is 9.67. The number of hydrogen-bond acceptors (Lipinski definition) is 9. The lowest BCUT2D eigenvalue weighted by molar-refractivity contribution is -0.217. The molecule has 1 aliphatic rings. The molecule has 3 amide bonds. The van der Waals surface area contributed by atoms with Gasteiger partial charge in [-0.15, -0.1) is 0 Å². The Morgan fingerprint density at radius 3 is 1.21 bits per heavy atom. The number of sulfone groups is 3. The van der Waals surface area contributed by atoms with Gasteiger partial charge in [-0.1, -0.05) is 19.7 Å². The zero-order valence-corrected chi connectivity index (χ0v) is 20.4. The molecule has 0 aromatic carbocycles. The molecule has 0 radical (unpaired) electrons. The molecule has 186 valence electrons. The summed E-state index contributed by atoms with van der Waals surface area (Å²) in [5.41, 5.74) is 0.